The molecule has 8 heteroatoms. The summed E-state index contributed by atoms with van der Waals surface area (Å²) in [5.41, 5.74) is 2.15. The van der Waals surface area contributed by atoms with Gasteiger partial charge in [-0.1, -0.05) is 24.2 Å². The summed E-state index contributed by atoms with van der Waals surface area (Å²) >= 11 is 0. The van der Waals surface area contributed by atoms with E-state index in [0.717, 1.165) is 23.1 Å². The Morgan fingerprint density at radius 2 is 2.20 bits per heavy atom. The first-order valence-electron chi connectivity index (χ1n) is 8.10. The molecule has 1 aromatic carbocycles. The Balaban J connectivity index is 1.47. The Hall–Kier alpha value is -3.16. The minimum absolute atomic E-state index is 0.0794. The van der Waals surface area contributed by atoms with E-state index in [9.17, 15) is 9.59 Å². The van der Waals surface area contributed by atoms with E-state index in [-0.39, 0.29) is 23.6 Å². The highest BCUT2D eigenvalue weighted by atomic mass is 16.5. The third-order valence-corrected chi connectivity index (χ3v) is 4.44. The van der Waals surface area contributed by atoms with Crippen LogP contribution in [0.5, 0.6) is 0 Å². The number of rotatable bonds is 2. The summed E-state index contributed by atoms with van der Waals surface area (Å²) in [5, 5.41) is 16.9. The molecular formula is C17H17N5O3. The van der Waals surface area contributed by atoms with Crippen LogP contribution in [-0.2, 0) is 6.42 Å². The Morgan fingerprint density at radius 3 is 3.08 bits per heavy atom. The van der Waals surface area contributed by atoms with Crippen LogP contribution in [0.2, 0.25) is 0 Å². The highest BCUT2D eigenvalue weighted by Crippen LogP contribution is 2.28. The van der Waals surface area contributed by atoms with Crippen molar-refractivity contribution in [1.29, 1.82) is 0 Å². The van der Waals surface area contributed by atoms with Gasteiger partial charge < -0.3 is 9.84 Å². The zero-order valence-corrected chi connectivity index (χ0v) is 13.6. The fourth-order valence-electron chi connectivity index (χ4n) is 3.34. The van der Waals surface area contributed by atoms with Crippen molar-refractivity contribution in [3.8, 4) is 0 Å². The molecule has 2 amide bonds. The summed E-state index contributed by atoms with van der Waals surface area (Å²) < 4.78 is 5.18. The van der Waals surface area contributed by atoms with Gasteiger partial charge in [-0.05, 0) is 30.5 Å². The van der Waals surface area contributed by atoms with E-state index in [2.05, 4.69) is 26.0 Å². The lowest BCUT2D eigenvalue weighted by Crippen LogP contribution is -2.42. The monoisotopic (exact) mass is 339 g/mol. The molecule has 128 valence electrons. The number of amides is 2. The second-order valence-corrected chi connectivity index (χ2v) is 6.31. The fourth-order valence-corrected chi connectivity index (χ4v) is 3.34. The number of hydrogen-bond acceptors (Lipinski definition) is 5. The Morgan fingerprint density at radius 1 is 1.36 bits per heavy atom. The van der Waals surface area contributed by atoms with Crippen LogP contribution in [0.4, 0.5) is 10.6 Å². The van der Waals surface area contributed by atoms with Crippen LogP contribution in [0, 0.1) is 0 Å². The van der Waals surface area contributed by atoms with Crippen molar-refractivity contribution in [1.82, 2.24) is 20.7 Å². The van der Waals surface area contributed by atoms with Gasteiger partial charge in [0.05, 0.1) is 11.1 Å². The van der Waals surface area contributed by atoms with Crippen molar-refractivity contribution in [2.24, 2.45) is 0 Å². The van der Waals surface area contributed by atoms with E-state index in [4.69, 9.17) is 4.52 Å². The molecule has 2 aromatic heterocycles. The van der Waals surface area contributed by atoms with Gasteiger partial charge in [-0.3, -0.25) is 10.1 Å². The molecule has 0 radical (unpaired) electrons. The maximum atomic E-state index is 12.3. The van der Waals surface area contributed by atoms with E-state index in [1.807, 2.05) is 25.1 Å². The van der Waals surface area contributed by atoms with Crippen LogP contribution < -0.4 is 16.2 Å². The largest absolute Gasteiger partial charge is 0.354 e. The average molecular weight is 339 g/mol. The topological polar surface area (TPSA) is 113 Å². The number of hydrogen-bond donors (Lipinski definition) is 3. The van der Waals surface area contributed by atoms with Crippen LogP contribution in [0.1, 0.15) is 30.5 Å². The molecule has 0 saturated heterocycles. The van der Waals surface area contributed by atoms with Gasteiger partial charge in [0.1, 0.15) is 0 Å². The molecule has 2 unspecified atom stereocenters. The second kappa shape index (κ2) is 6.04. The molecule has 0 spiro atoms. The molecule has 2 heterocycles. The fraction of sp³-hybridized carbons (Fsp3) is 0.294. The molecule has 0 bridgehead atoms. The first-order chi connectivity index (χ1) is 12.1. The number of benzene rings is 1. The van der Waals surface area contributed by atoms with E-state index in [1.54, 1.807) is 12.1 Å². The number of anilines is 1. The summed E-state index contributed by atoms with van der Waals surface area (Å²) in [5.74, 6) is 0.536. The zero-order valence-electron chi connectivity index (χ0n) is 13.6. The Kier molecular flexibility index (Phi) is 3.72. The highest BCUT2D eigenvalue weighted by Gasteiger charge is 2.27. The third-order valence-electron chi connectivity index (χ3n) is 4.44. The number of nitrogens with zero attached hydrogens (tertiary/aromatic N) is 2. The predicted molar refractivity (Wildman–Crippen MR) is 91.5 cm³/mol. The first-order valence-corrected chi connectivity index (χ1v) is 8.10. The number of aromatic nitrogens is 3. The first kappa shape index (κ1) is 15.4. The van der Waals surface area contributed by atoms with Gasteiger partial charge in [-0.15, -0.1) is 0 Å². The lowest BCUT2D eigenvalue weighted by Gasteiger charge is -2.28. The van der Waals surface area contributed by atoms with Gasteiger partial charge in [-0.2, -0.15) is 5.10 Å². The minimum Gasteiger partial charge on any atom is -0.354 e. The van der Waals surface area contributed by atoms with Gasteiger partial charge in [0.15, 0.2) is 11.4 Å². The number of para-hydroxylation sites is 1. The van der Waals surface area contributed by atoms with Crippen molar-refractivity contribution in [3.05, 3.63) is 51.9 Å². The molecule has 0 aliphatic heterocycles. The maximum Gasteiger partial charge on any atom is 0.320 e. The van der Waals surface area contributed by atoms with Gasteiger partial charge >= 0.3 is 6.03 Å². The zero-order chi connectivity index (χ0) is 17.4. The number of urea groups is 1. The van der Waals surface area contributed by atoms with Crippen LogP contribution in [0.25, 0.3) is 11.0 Å². The van der Waals surface area contributed by atoms with Gasteiger partial charge in [0.2, 0.25) is 0 Å². The minimum atomic E-state index is -0.350. The van der Waals surface area contributed by atoms with Crippen molar-refractivity contribution >= 4 is 22.8 Å². The van der Waals surface area contributed by atoms with Crippen LogP contribution >= 0.6 is 0 Å². The molecule has 2 atom stereocenters. The molecule has 1 aliphatic carbocycles. The normalized spacial score (nSPS) is 19.4. The molecule has 3 N–H and O–H groups in total. The van der Waals surface area contributed by atoms with Crippen LogP contribution in [0.3, 0.4) is 0 Å². The maximum absolute atomic E-state index is 12.3. The number of aromatic amines is 1. The summed E-state index contributed by atoms with van der Waals surface area (Å²) in [6, 6.07) is 8.44. The molecule has 25 heavy (non-hydrogen) atoms. The number of fused-ring (bicyclic) bond motifs is 2. The lowest BCUT2D eigenvalue weighted by atomic mass is 9.85. The molecular weight excluding hydrogens is 322 g/mol. The molecule has 4 rings (SSSR count). The summed E-state index contributed by atoms with van der Waals surface area (Å²) in [7, 11) is 0. The van der Waals surface area contributed by atoms with E-state index < -0.39 is 0 Å². The summed E-state index contributed by atoms with van der Waals surface area (Å²) in [6.45, 7) is 2.03. The number of H-pyrrole nitrogens is 1. The average Bonchev–Trinajstić information content (AvgIpc) is 2.97. The van der Waals surface area contributed by atoms with Crippen molar-refractivity contribution in [2.45, 2.75) is 31.7 Å². The summed E-state index contributed by atoms with van der Waals surface area (Å²) in [4.78, 5) is 23.8. The quantitative estimate of drug-likeness (QED) is 0.662. The van der Waals surface area contributed by atoms with Crippen molar-refractivity contribution < 1.29 is 9.32 Å². The van der Waals surface area contributed by atoms with E-state index >= 15 is 0 Å². The van der Waals surface area contributed by atoms with E-state index in [0.29, 0.717) is 17.8 Å². The molecule has 0 saturated carbocycles. The van der Waals surface area contributed by atoms with E-state index in [1.165, 1.54) is 0 Å². The number of carbonyl (C=O) groups excluding carboxylic acids is 1. The standard InChI is InChI=1S/C17H17N5O3/c1-9-6-11(7-10-8-14(23)20-21-15(9)10)18-17(24)19-16-12-4-2-3-5-13(12)25-22-16/h2-5,8-9,11H,6-7H2,1H3,(H,20,23)(H2,18,19,22,24). The van der Waals surface area contributed by atoms with Crippen molar-refractivity contribution in [2.75, 3.05) is 5.32 Å². The summed E-state index contributed by atoms with van der Waals surface area (Å²) in [6.07, 6.45) is 1.32. The Bertz CT molecular complexity index is 993. The lowest BCUT2D eigenvalue weighted by molar-refractivity contribution is 0.246. The van der Waals surface area contributed by atoms with Crippen LogP contribution in [-0.4, -0.2) is 27.4 Å². The second-order valence-electron chi connectivity index (χ2n) is 6.31. The molecule has 3 aromatic rings. The predicted octanol–water partition coefficient (Wildman–Crippen LogP) is 2.15. The molecule has 8 nitrogen and oxygen atoms in total. The molecule has 0 fully saturated rings. The Labute approximate surface area is 142 Å². The SMILES string of the molecule is CC1CC(NC(=O)Nc2noc3ccccc23)Cc2cc(=O)[nH]nc21. The van der Waals surface area contributed by atoms with Gasteiger partial charge in [0, 0.05) is 18.0 Å². The number of carbonyl (C=O) groups is 1. The van der Waals surface area contributed by atoms with Gasteiger partial charge in [0.25, 0.3) is 5.56 Å². The third kappa shape index (κ3) is 2.98. The van der Waals surface area contributed by atoms with Gasteiger partial charge in [-0.25, -0.2) is 9.89 Å². The smallest absolute Gasteiger partial charge is 0.320 e. The number of nitrogens with one attached hydrogen (secondary N) is 3. The molecule has 1 aliphatic rings. The van der Waals surface area contributed by atoms with Crippen molar-refractivity contribution in [3.63, 3.8) is 0 Å². The van der Waals surface area contributed by atoms with Crippen LogP contribution in [0.15, 0.2) is 39.6 Å². The highest BCUT2D eigenvalue weighted by molar-refractivity contribution is 5.98.